The second-order valence-electron chi connectivity index (χ2n) is 7.49. The Kier molecular flexibility index (Phi) is 6.11. The third kappa shape index (κ3) is 3.84. The van der Waals surface area contributed by atoms with Gasteiger partial charge in [-0.25, -0.2) is 9.59 Å². The highest BCUT2D eigenvalue weighted by molar-refractivity contribution is 5.84. The minimum Gasteiger partial charge on any atom is -0.467 e. The Balaban J connectivity index is 1.67. The maximum absolute atomic E-state index is 13.2. The van der Waals surface area contributed by atoms with Crippen molar-refractivity contribution < 1.29 is 28.9 Å². The maximum Gasteiger partial charge on any atom is 0.412 e. The summed E-state index contributed by atoms with van der Waals surface area (Å²) in [5, 5.41) is 10.7. The number of aliphatic hydroxyl groups excluding tert-OH is 1. The van der Waals surface area contributed by atoms with Gasteiger partial charge in [0.25, 0.3) is 0 Å². The molecule has 4 atom stereocenters. The molecule has 164 valence electrons. The van der Waals surface area contributed by atoms with Crippen LogP contribution in [0.1, 0.15) is 30.4 Å². The van der Waals surface area contributed by atoms with Gasteiger partial charge in [-0.1, -0.05) is 48.5 Å². The molecule has 2 aliphatic rings. The van der Waals surface area contributed by atoms with Crippen LogP contribution in [0, 0.1) is 0 Å². The monoisotopic (exact) mass is 426 g/mol. The van der Waals surface area contributed by atoms with E-state index in [-0.39, 0.29) is 19.1 Å². The molecule has 0 aliphatic carbocycles. The summed E-state index contributed by atoms with van der Waals surface area (Å²) < 4.78 is 16.0. The SMILES string of the molecule is CCOC(O)N1c2ccccc2[C@H]2C[C@@H](C(=O)OC)N(C(=O)OCc3ccccc3)[C@H]21. The molecule has 1 fully saturated rings. The number of fused-ring (bicyclic) bond motifs is 3. The fourth-order valence-corrected chi connectivity index (χ4v) is 4.50. The topological polar surface area (TPSA) is 88.5 Å². The Morgan fingerprint density at radius 3 is 2.55 bits per heavy atom. The lowest BCUT2D eigenvalue weighted by Crippen LogP contribution is -2.55. The molecule has 0 aromatic heterocycles. The van der Waals surface area contributed by atoms with Gasteiger partial charge in [-0.15, -0.1) is 0 Å². The minimum atomic E-state index is -1.28. The van der Waals surface area contributed by atoms with E-state index in [1.807, 2.05) is 54.6 Å². The third-order valence-electron chi connectivity index (χ3n) is 5.80. The van der Waals surface area contributed by atoms with Crippen molar-refractivity contribution in [2.24, 2.45) is 0 Å². The number of nitrogens with zero attached hydrogens (tertiary/aromatic N) is 2. The lowest BCUT2D eigenvalue weighted by atomic mass is 9.96. The molecular weight excluding hydrogens is 400 g/mol. The number of carbonyl (C=O) groups is 2. The van der Waals surface area contributed by atoms with Crippen LogP contribution in [0.4, 0.5) is 10.5 Å². The van der Waals surface area contributed by atoms with Crippen molar-refractivity contribution in [3.63, 3.8) is 0 Å². The molecule has 1 amide bonds. The number of rotatable bonds is 6. The van der Waals surface area contributed by atoms with E-state index >= 15 is 0 Å². The summed E-state index contributed by atoms with van der Waals surface area (Å²) in [6.07, 6.45) is -2.19. The quantitative estimate of drug-likeness (QED) is 0.561. The molecule has 2 heterocycles. The number of ether oxygens (including phenoxy) is 3. The average Bonchev–Trinajstić information content (AvgIpc) is 3.32. The summed E-state index contributed by atoms with van der Waals surface area (Å²) in [6.45, 7) is 2.14. The van der Waals surface area contributed by atoms with Crippen LogP contribution < -0.4 is 4.90 Å². The number of likely N-dealkylation sites (tertiary alicyclic amines) is 1. The second-order valence-corrected chi connectivity index (χ2v) is 7.49. The van der Waals surface area contributed by atoms with Crippen LogP contribution in [0.5, 0.6) is 0 Å². The van der Waals surface area contributed by atoms with Gasteiger partial charge in [0.15, 0.2) is 0 Å². The molecule has 0 spiro atoms. The van der Waals surface area contributed by atoms with Crippen molar-refractivity contribution >= 4 is 17.7 Å². The fraction of sp³-hybridized carbons (Fsp3) is 0.391. The van der Waals surface area contributed by atoms with E-state index in [4.69, 9.17) is 14.2 Å². The first kappa shape index (κ1) is 21.1. The Morgan fingerprint density at radius 2 is 1.84 bits per heavy atom. The summed E-state index contributed by atoms with van der Waals surface area (Å²) in [6, 6.07) is 16.1. The van der Waals surface area contributed by atoms with Gasteiger partial charge in [-0.2, -0.15) is 0 Å². The van der Waals surface area contributed by atoms with Crippen LogP contribution in [0.3, 0.4) is 0 Å². The van der Waals surface area contributed by atoms with E-state index < -0.39 is 30.7 Å². The van der Waals surface area contributed by atoms with Crippen molar-refractivity contribution in [2.75, 3.05) is 18.6 Å². The lowest BCUT2D eigenvalue weighted by molar-refractivity contribution is -0.146. The molecule has 2 aromatic rings. The first-order valence-electron chi connectivity index (χ1n) is 10.3. The first-order valence-corrected chi connectivity index (χ1v) is 10.3. The van der Waals surface area contributed by atoms with Crippen molar-refractivity contribution in [3.05, 3.63) is 65.7 Å². The van der Waals surface area contributed by atoms with E-state index in [0.717, 1.165) is 16.8 Å². The van der Waals surface area contributed by atoms with Crippen LogP contribution in [-0.4, -0.2) is 54.4 Å². The third-order valence-corrected chi connectivity index (χ3v) is 5.80. The average molecular weight is 426 g/mol. The second kappa shape index (κ2) is 8.95. The number of aliphatic hydroxyl groups is 1. The van der Waals surface area contributed by atoms with Crippen LogP contribution in [-0.2, 0) is 25.6 Å². The molecule has 0 radical (unpaired) electrons. The Morgan fingerprint density at radius 1 is 1.13 bits per heavy atom. The molecule has 1 saturated heterocycles. The number of anilines is 1. The summed E-state index contributed by atoms with van der Waals surface area (Å²) in [5.41, 5.74) is 2.54. The number of hydrogen-bond acceptors (Lipinski definition) is 7. The summed E-state index contributed by atoms with van der Waals surface area (Å²) in [4.78, 5) is 28.8. The van der Waals surface area contributed by atoms with E-state index in [9.17, 15) is 14.7 Å². The van der Waals surface area contributed by atoms with Crippen molar-refractivity contribution in [2.45, 2.75) is 44.5 Å². The highest BCUT2D eigenvalue weighted by Gasteiger charge is 2.56. The van der Waals surface area contributed by atoms with Crippen molar-refractivity contribution in [3.8, 4) is 0 Å². The number of benzene rings is 2. The van der Waals surface area contributed by atoms with Gasteiger partial charge in [0.2, 0.25) is 6.41 Å². The van der Waals surface area contributed by atoms with E-state index in [1.165, 1.54) is 12.0 Å². The van der Waals surface area contributed by atoms with Crippen LogP contribution in [0.25, 0.3) is 0 Å². The summed E-state index contributed by atoms with van der Waals surface area (Å²) in [7, 11) is 1.30. The molecule has 8 heteroatoms. The van der Waals surface area contributed by atoms with Crippen LogP contribution in [0.2, 0.25) is 0 Å². The molecule has 0 saturated carbocycles. The zero-order valence-corrected chi connectivity index (χ0v) is 17.5. The molecule has 0 bridgehead atoms. The number of carbonyl (C=O) groups excluding carboxylic acids is 2. The van der Waals surface area contributed by atoms with Gasteiger partial charge in [0, 0.05) is 18.2 Å². The van der Waals surface area contributed by atoms with E-state index in [2.05, 4.69) is 0 Å². The molecule has 1 N–H and O–H groups in total. The van der Waals surface area contributed by atoms with Gasteiger partial charge < -0.3 is 24.2 Å². The van der Waals surface area contributed by atoms with E-state index in [0.29, 0.717) is 6.42 Å². The Bertz CT molecular complexity index is 937. The molecule has 8 nitrogen and oxygen atoms in total. The smallest absolute Gasteiger partial charge is 0.412 e. The zero-order valence-electron chi connectivity index (χ0n) is 17.5. The largest absolute Gasteiger partial charge is 0.467 e. The van der Waals surface area contributed by atoms with Crippen LogP contribution in [0.15, 0.2) is 54.6 Å². The molecule has 4 rings (SSSR count). The fourth-order valence-electron chi connectivity index (χ4n) is 4.50. The first-order chi connectivity index (χ1) is 15.1. The normalized spacial score (nSPS) is 22.6. The number of para-hydroxylation sites is 1. The Labute approximate surface area is 180 Å². The standard InChI is InChI=1S/C23H26N2O6/c1-3-30-22(27)24-18-12-8-7-11-16(18)17-13-19(21(26)29-2)25(20(17)24)23(28)31-14-15-9-5-4-6-10-15/h4-12,17,19-20,22,27H,3,13-14H2,1-2H3/t17-,19+,20-,22?/m1/s1. The van der Waals surface area contributed by atoms with Gasteiger partial charge in [-0.05, 0) is 30.5 Å². The lowest BCUT2D eigenvalue weighted by Gasteiger charge is -2.37. The number of methoxy groups -OCH3 is 1. The highest BCUT2D eigenvalue weighted by atomic mass is 16.6. The summed E-state index contributed by atoms with van der Waals surface area (Å²) in [5.74, 6) is -0.714. The van der Waals surface area contributed by atoms with Gasteiger partial charge in [-0.3, -0.25) is 4.90 Å². The van der Waals surface area contributed by atoms with Crippen LogP contribution >= 0.6 is 0 Å². The molecular formula is C23H26N2O6. The van der Waals surface area contributed by atoms with E-state index in [1.54, 1.807) is 11.8 Å². The molecule has 31 heavy (non-hydrogen) atoms. The predicted molar refractivity (Wildman–Crippen MR) is 112 cm³/mol. The summed E-state index contributed by atoms with van der Waals surface area (Å²) >= 11 is 0. The van der Waals surface area contributed by atoms with Gasteiger partial charge >= 0.3 is 12.1 Å². The van der Waals surface area contributed by atoms with Gasteiger partial charge in [0.05, 0.1) is 7.11 Å². The van der Waals surface area contributed by atoms with Gasteiger partial charge in [0.1, 0.15) is 18.8 Å². The van der Waals surface area contributed by atoms with Crippen molar-refractivity contribution in [1.29, 1.82) is 0 Å². The minimum absolute atomic E-state index is 0.0718. The number of amides is 1. The maximum atomic E-state index is 13.2. The molecule has 2 aliphatic heterocycles. The zero-order chi connectivity index (χ0) is 22.0. The van der Waals surface area contributed by atoms with Crippen molar-refractivity contribution in [1.82, 2.24) is 4.90 Å². The Hall–Kier alpha value is -3.10. The molecule has 1 unspecified atom stereocenters. The number of hydrogen-bond donors (Lipinski definition) is 1. The molecule has 2 aromatic carbocycles. The number of esters is 1. The predicted octanol–water partition coefficient (Wildman–Crippen LogP) is 2.81. The highest BCUT2D eigenvalue weighted by Crippen LogP contribution is 2.50.